The maximum absolute atomic E-state index is 12.9. The monoisotopic (exact) mass is 289 g/mol. The third-order valence-electron chi connectivity index (χ3n) is 2.31. The number of hydrogen-bond acceptors (Lipinski definition) is 3. The smallest absolute Gasteiger partial charge is 0.323 e. The van der Waals surface area contributed by atoms with Gasteiger partial charge in [0.2, 0.25) is 0 Å². The number of carboxylic acid groups (broad SMARTS) is 1. The number of rotatable bonds is 6. The second-order valence-corrected chi connectivity index (χ2v) is 4.07. The number of carbonyl (C=O) groups is 2. The zero-order valence-electron chi connectivity index (χ0n) is 10.2. The van der Waals surface area contributed by atoms with Crippen molar-refractivity contribution < 1.29 is 23.8 Å². The van der Waals surface area contributed by atoms with Crippen molar-refractivity contribution in [3.63, 3.8) is 0 Å². The summed E-state index contributed by atoms with van der Waals surface area (Å²) >= 11 is 5.56. The van der Waals surface area contributed by atoms with Crippen molar-refractivity contribution in [1.82, 2.24) is 4.90 Å². The van der Waals surface area contributed by atoms with Gasteiger partial charge in [-0.05, 0) is 19.1 Å². The Bertz CT molecular complexity index is 481. The molecular weight excluding hydrogens is 277 g/mol. The molecule has 0 saturated heterocycles. The van der Waals surface area contributed by atoms with Gasteiger partial charge in [-0.15, -0.1) is 0 Å². The van der Waals surface area contributed by atoms with Crippen LogP contribution in [0.3, 0.4) is 0 Å². The highest BCUT2D eigenvalue weighted by atomic mass is 35.5. The Morgan fingerprint density at radius 3 is 2.68 bits per heavy atom. The van der Waals surface area contributed by atoms with Crippen molar-refractivity contribution in [1.29, 1.82) is 0 Å². The minimum absolute atomic E-state index is 0.108. The molecule has 5 nitrogen and oxygen atoms in total. The highest BCUT2D eigenvalue weighted by Crippen LogP contribution is 2.20. The number of carbonyl (C=O) groups excluding carboxylic acids is 1. The van der Waals surface area contributed by atoms with E-state index in [0.29, 0.717) is 0 Å². The molecule has 1 rings (SSSR count). The van der Waals surface area contributed by atoms with Crippen molar-refractivity contribution >= 4 is 23.5 Å². The molecule has 0 unspecified atom stereocenters. The summed E-state index contributed by atoms with van der Waals surface area (Å²) in [5.41, 5.74) is 0. The SMILES string of the molecule is CCN(CC(=O)O)C(=O)COc1ccc(F)c(Cl)c1. The van der Waals surface area contributed by atoms with Gasteiger partial charge in [0.05, 0.1) is 5.02 Å². The molecule has 0 spiro atoms. The summed E-state index contributed by atoms with van der Waals surface area (Å²) in [5.74, 6) is -1.90. The largest absolute Gasteiger partial charge is 0.484 e. The van der Waals surface area contributed by atoms with Crippen molar-refractivity contribution in [2.75, 3.05) is 19.7 Å². The van der Waals surface area contributed by atoms with Crippen LogP contribution in [0.5, 0.6) is 5.75 Å². The number of halogens is 2. The Balaban J connectivity index is 2.57. The lowest BCUT2D eigenvalue weighted by Gasteiger charge is -2.18. The van der Waals surface area contributed by atoms with Crippen LogP contribution in [0.25, 0.3) is 0 Å². The maximum atomic E-state index is 12.9. The lowest BCUT2D eigenvalue weighted by atomic mass is 10.3. The topological polar surface area (TPSA) is 66.8 Å². The van der Waals surface area contributed by atoms with Gasteiger partial charge in [0.1, 0.15) is 18.1 Å². The van der Waals surface area contributed by atoms with Crippen molar-refractivity contribution in [2.24, 2.45) is 0 Å². The van der Waals surface area contributed by atoms with Crippen LogP contribution in [0, 0.1) is 5.82 Å². The first-order valence-corrected chi connectivity index (χ1v) is 5.89. The maximum Gasteiger partial charge on any atom is 0.323 e. The molecule has 0 atom stereocenters. The van der Waals surface area contributed by atoms with E-state index < -0.39 is 17.7 Å². The fourth-order valence-electron chi connectivity index (χ4n) is 1.34. The van der Waals surface area contributed by atoms with Crippen LogP contribution in [0.2, 0.25) is 5.02 Å². The van der Waals surface area contributed by atoms with Gasteiger partial charge in [0.25, 0.3) is 5.91 Å². The van der Waals surface area contributed by atoms with Gasteiger partial charge >= 0.3 is 5.97 Å². The Hall–Kier alpha value is -1.82. The van der Waals surface area contributed by atoms with Crippen LogP contribution in [-0.2, 0) is 9.59 Å². The molecule has 19 heavy (non-hydrogen) atoms. The summed E-state index contributed by atoms with van der Waals surface area (Å²) in [4.78, 5) is 23.3. The molecule has 1 N–H and O–H groups in total. The summed E-state index contributed by atoms with van der Waals surface area (Å²) in [6.07, 6.45) is 0. The summed E-state index contributed by atoms with van der Waals surface area (Å²) in [5, 5.41) is 8.51. The van der Waals surface area contributed by atoms with Gasteiger partial charge < -0.3 is 14.7 Å². The number of likely N-dealkylation sites (N-methyl/N-ethyl adjacent to an activating group) is 1. The molecule has 0 heterocycles. The molecule has 0 aliphatic rings. The van der Waals surface area contributed by atoms with Crippen LogP contribution in [0.1, 0.15) is 6.92 Å². The quantitative estimate of drug-likeness (QED) is 0.867. The van der Waals surface area contributed by atoms with E-state index in [2.05, 4.69) is 0 Å². The third kappa shape index (κ3) is 4.75. The van der Waals surface area contributed by atoms with Crippen molar-refractivity contribution in [3.05, 3.63) is 29.0 Å². The van der Waals surface area contributed by atoms with Gasteiger partial charge in [-0.1, -0.05) is 11.6 Å². The number of amides is 1. The molecular formula is C12H13ClFNO4. The molecule has 0 saturated carbocycles. The molecule has 1 amide bonds. The first-order chi connectivity index (χ1) is 8.93. The molecule has 7 heteroatoms. The third-order valence-corrected chi connectivity index (χ3v) is 2.60. The summed E-state index contributed by atoms with van der Waals surface area (Å²) in [6, 6.07) is 3.70. The normalized spacial score (nSPS) is 10.1. The van der Waals surface area contributed by atoms with Crippen molar-refractivity contribution in [3.8, 4) is 5.75 Å². The van der Waals surface area contributed by atoms with Gasteiger partial charge in [0.15, 0.2) is 6.61 Å². The summed E-state index contributed by atoms with van der Waals surface area (Å²) in [6.45, 7) is 1.21. The van der Waals surface area contributed by atoms with Gasteiger partial charge in [-0.3, -0.25) is 9.59 Å². The molecule has 0 fully saturated rings. The minimum Gasteiger partial charge on any atom is -0.484 e. The first kappa shape index (κ1) is 15.2. The highest BCUT2D eigenvalue weighted by molar-refractivity contribution is 6.30. The Kier molecular flexibility index (Phi) is 5.57. The molecule has 0 aliphatic carbocycles. The van der Waals surface area contributed by atoms with Crippen LogP contribution in [0.4, 0.5) is 4.39 Å². The zero-order valence-corrected chi connectivity index (χ0v) is 11.0. The van der Waals surface area contributed by atoms with Gasteiger partial charge in [0, 0.05) is 12.6 Å². The molecule has 104 valence electrons. The van der Waals surface area contributed by atoms with Crippen LogP contribution < -0.4 is 4.74 Å². The predicted molar refractivity (Wildman–Crippen MR) is 66.8 cm³/mol. The number of nitrogens with zero attached hydrogens (tertiary/aromatic N) is 1. The number of hydrogen-bond donors (Lipinski definition) is 1. The fraction of sp³-hybridized carbons (Fsp3) is 0.333. The fourth-order valence-corrected chi connectivity index (χ4v) is 1.51. The highest BCUT2D eigenvalue weighted by Gasteiger charge is 2.15. The first-order valence-electron chi connectivity index (χ1n) is 5.51. The van der Waals surface area contributed by atoms with E-state index in [9.17, 15) is 14.0 Å². The average molecular weight is 290 g/mol. The Morgan fingerprint density at radius 1 is 1.47 bits per heavy atom. The molecule has 0 aliphatic heterocycles. The van der Waals surface area contributed by atoms with E-state index in [4.69, 9.17) is 21.4 Å². The van der Waals surface area contributed by atoms with E-state index in [1.807, 2.05) is 0 Å². The minimum atomic E-state index is -1.10. The Morgan fingerprint density at radius 2 is 2.16 bits per heavy atom. The molecule has 1 aromatic rings. The van der Waals surface area contributed by atoms with Gasteiger partial charge in [-0.2, -0.15) is 0 Å². The van der Waals surface area contributed by atoms with Crippen LogP contribution >= 0.6 is 11.6 Å². The lowest BCUT2D eigenvalue weighted by molar-refractivity contribution is -0.145. The van der Waals surface area contributed by atoms with E-state index in [1.54, 1.807) is 6.92 Å². The van der Waals surface area contributed by atoms with E-state index in [-0.39, 0.29) is 30.5 Å². The van der Waals surface area contributed by atoms with E-state index in [0.717, 1.165) is 11.0 Å². The standard InChI is InChI=1S/C12H13ClFNO4/c1-2-15(6-12(17)18)11(16)7-19-8-3-4-10(14)9(13)5-8/h3-5H,2,6-7H2,1H3,(H,17,18). The second-order valence-electron chi connectivity index (χ2n) is 3.67. The van der Waals surface area contributed by atoms with E-state index in [1.165, 1.54) is 12.1 Å². The van der Waals surface area contributed by atoms with Gasteiger partial charge in [-0.25, -0.2) is 4.39 Å². The van der Waals surface area contributed by atoms with E-state index >= 15 is 0 Å². The average Bonchev–Trinajstić information content (AvgIpc) is 2.36. The summed E-state index contributed by atoms with van der Waals surface area (Å²) in [7, 11) is 0. The number of benzene rings is 1. The lowest BCUT2D eigenvalue weighted by Crippen LogP contribution is -2.38. The van der Waals surface area contributed by atoms with Crippen LogP contribution in [-0.4, -0.2) is 41.6 Å². The second kappa shape index (κ2) is 6.94. The number of carboxylic acids is 1. The molecule has 0 radical (unpaired) electrons. The number of ether oxygens (including phenoxy) is 1. The van der Waals surface area contributed by atoms with Crippen LogP contribution in [0.15, 0.2) is 18.2 Å². The molecule has 0 bridgehead atoms. The molecule has 1 aromatic carbocycles. The predicted octanol–water partition coefficient (Wildman–Crippen LogP) is 1.79. The number of aliphatic carboxylic acids is 1. The summed E-state index contributed by atoms with van der Waals surface area (Å²) < 4.78 is 18.0. The Labute approximate surface area is 114 Å². The molecule has 0 aromatic heterocycles. The zero-order chi connectivity index (χ0) is 14.4. The van der Waals surface area contributed by atoms with Crippen molar-refractivity contribution in [2.45, 2.75) is 6.92 Å².